The molecular weight excluding hydrogens is 253 g/mol. The number of rotatable bonds is 2. The Morgan fingerprint density at radius 3 is 2.72 bits per heavy atom. The summed E-state index contributed by atoms with van der Waals surface area (Å²) < 4.78 is 43.6. The number of amides is 1. The first kappa shape index (κ1) is 12.8. The number of nitrogens with one attached hydrogen (secondary N) is 2. The van der Waals surface area contributed by atoms with Crippen LogP contribution < -0.4 is 10.6 Å². The Balaban J connectivity index is 2.20. The van der Waals surface area contributed by atoms with Crippen LogP contribution in [0.2, 0.25) is 0 Å². The van der Waals surface area contributed by atoms with Crippen LogP contribution in [-0.2, 0) is 4.79 Å². The Bertz CT molecular complexity index is 451. The lowest BCUT2D eigenvalue weighted by Crippen LogP contribution is -2.49. The third kappa shape index (κ3) is 2.05. The van der Waals surface area contributed by atoms with E-state index in [1.807, 2.05) is 5.32 Å². The summed E-state index contributed by atoms with van der Waals surface area (Å²) >= 11 is 0. The summed E-state index contributed by atoms with van der Waals surface area (Å²) in [5.41, 5.74) is -2.44. The van der Waals surface area contributed by atoms with Crippen molar-refractivity contribution < 1.29 is 22.5 Å². The third-order valence-electron chi connectivity index (χ3n) is 2.88. The number of carbonyl (C=O) groups is 1. The smallest absolute Gasteiger partial charge is 0.315 e. The van der Waals surface area contributed by atoms with Gasteiger partial charge in [0.2, 0.25) is 5.91 Å². The molecule has 100 valence electrons. The van der Waals surface area contributed by atoms with E-state index >= 15 is 0 Å². The van der Waals surface area contributed by atoms with Gasteiger partial charge in [0, 0.05) is 6.54 Å². The summed E-state index contributed by atoms with van der Waals surface area (Å²) in [6, 6.07) is -0.326. The van der Waals surface area contributed by atoms with Gasteiger partial charge in [-0.05, 0) is 19.9 Å². The standard InChI is InChI=1S/C9H11F3N4O2/c1-5-14-7(18-16-5)15-6(17)8(9(10,11)12)2-3-13-4-8/h13H,2-4H2,1H3,(H,14,15,16,17). The lowest BCUT2D eigenvalue weighted by atomic mass is 9.85. The predicted molar refractivity (Wildman–Crippen MR) is 53.6 cm³/mol. The fraction of sp³-hybridized carbons (Fsp3) is 0.667. The second kappa shape index (κ2) is 4.23. The van der Waals surface area contributed by atoms with Crippen LogP contribution in [0.15, 0.2) is 4.52 Å². The van der Waals surface area contributed by atoms with Crippen molar-refractivity contribution in [2.24, 2.45) is 5.41 Å². The van der Waals surface area contributed by atoms with Gasteiger partial charge in [0.25, 0.3) is 0 Å². The zero-order valence-electron chi connectivity index (χ0n) is 9.47. The number of aromatic nitrogens is 2. The van der Waals surface area contributed by atoms with E-state index in [4.69, 9.17) is 0 Å². The van der Waals surface area contributed by atoms with Gasteiger partial charge in [0.15, 0.2) is 11.2 Å². The highest BCUT2D eigenvalue weighted by atomic mass is 19.4. The van der Waals surface area contributed by atoms with Gasteiger partial charge in [0.1, 0.15) is 0 Å². The molecule has 6 nitrogen and oxygen atoms in total. The molecule has 1 atom stereocenters. The number of hydrogen-bond acceptors (Lipinski definition) is 5. The van der Waals surface area contributed by atoms with E-state index in [1.54, 1.807) is 0 Å². The molecule has 1 aliphatic heterocycles. The maximum atomic E-state index is 13.0. The highest BCUT2D eigenvalue weighted by molar-refractivity contribution is 5.94. The van der Waals surface area contributed by atoms with E-state index in [9.17, 15) is 18.0 Å². The number of carbonyl (C=O) groups excluding carboxylic acids is 1. The number of hydrogen-bond donors (Lipinski definition) is 2. The topological polar surface area (TPSA) is 80.0 Å². The molecule has 1 aromatic rings. The zero-order chi connectivity index (χ0) is 13.4. The van der Waals surface area contributed by atoms with E-state index in [0.29, 0.717) is 0 Å². The average molecular weight is 264 g/mol. The van der Waals surface area contributed by atoms with Crippen LogP contribution in [-0.4, -0.2) is 35.3 Å². The first-order chi connectivity index (χ1) is 8.35. The third-order valence-corrected chi connectivity index (χ3v) is 2.88. The molecular formula is C9H11F3N4O2. The summed E-state index contributed by atoms with van der Waals surface area (Å²) in [4.78, 5) is 15.4. The number of alkyl halides is 3. The molecule has 18 heavy (non-hydrogen) atoms. The van der Waals surface area contributed by atoms with E-state index in [1.165, 1.54) is 6.92 Å². The molecule has 0 bridgehead atoms. The second-order valence-electron chi connectivity index (χ2n) is 4.11. The van der Waals surface area contributed by atoms with Crippen LogP contribution in [0, 0.1) is 12.3 Å². The summed E-state index contributed by atoms with van der Waals surface area (Å²) in [5, 5.41) is 7.94. The van der Waals surface area contributed by atoms with Gasteiger partial charge in [-0.1, -0.05) is 5.16 Å². The van der Waals surface area contributed by atoms with Crippen molar-refractivity contribution in [2.45, 2.75) is 19.5 Å². The molecule has 0 aromatic carbocycles. The monoisotopic (exact) mass is 264 g/mol. The van der Waals surface area contributed by atoms with Crippen molar-refractivity contribution in [2.75, 3.05) is 18.4 Å². The second-order valence-corrected chi connectivity index (χ2v) is 4.11. The lowest BCUT2D eigenvalue weighted by molar-refractivity contribution is -0.213. The van der Waals surface area contributed by atoms with Crippen molar-refractivity contribution in [1.82, 2.24) is 15.5 Å². The molecule has 0 spiro atoms. The number of nitrogens with zero attached hydrogens (tertiary/aromatic N) is 2. The van der Waals surface area contributed by atoms with Crippen molar-refractivity contribution >= 4 is 11.9 Å². The van der Waals surface area contributed by atoms with Gasteiger partial charge < -0.3 is 9.84 Å². The Labute approximate surface area is 99.9 Å². The fourth-order valence-corrected chi connectivity index (χ4v) is 1.82. The minimum atomic E-state index is -4.63. The van der Waals surface area contributed by atoms with E-state index in [0.717, 1.165) is 0 Å². The largest absolute Gasteiger partial charge is 0.404 e. The molecule has 9 heteroatoms. The molecule has 0 radical (unpaired) electrons. The molecule has 2 N–H and O–H groups in total. The normalized spacial score (nSPS) is 24.2. The van der Waals surface area contributed by atoms with Crippen molar-refractivity contribution in [1.29, 1.82) is 0 Å². The van der Waals surface area contributed by atoms with E-state index in [2.05, 4.69) is 20.0 Å². The first-order valence-corrected chi connectivity index (χ1v) is 5.24. The minimum Gasteiger partial charge on any atom is -0.315 e. The molecule has 1 aromatic heterocycles. The number of aryl methyl sites for hydroxylation is 1. The van der Waals surface area contributed by atoms with Crippen molar-refractivity contribution in [3.8, 4) is 0 Å². The van der Waals surface area contributed by atoms with Gasteiger partial charge in [-0.3, -0.25) is 10.1 Å². The quantitative estimate of drug-likeness (QED) is 0.828. The minimum absolute atomic E-state index is 0.135. The maximum Gasteiger partial charge on any atom is 0.404 e. The SMILES string of the molecule is Cc1noc(NC(=O)C2(C(F)(F)F)CCNC2)n1. The Hall–Kier alpha value is -1.64. The molecule has 0 aliphatic carbocycles. The van der Waals surface area contributed by atoms with Gasteiger partial charge in [0.05, 0.1) is 0 Å². The van der Waals surface area contributed by atoms with Crippen molar-refractivity contribution in [3.05, 3.63) is 5.82 Å². The van der Waals surface area contributed by atoms with Gasteiger partial charge in [-0.15, -0.1) is 0 Å². The van der Waals surface area contributed by atoms with Crippen LogP contribution in [0.25, 0.3) is 0 Å². The number of halogens is 3. The van der Waals surface area contributed by atoms with Crippen LogP contribution in [0.4, 0.5) is 19.2 Å². The molecule has 2 rings (SSSR count). The molecule has 2 heterocycles. The van der Waals surface area contributed by atoms with Gasteiger partial charge in [-0.2, -0.15) is 18.2 Å². The zero-order valence-corrected chi connectivity index (χ0v) is 9.47. The van der Waals surface area contributed by atoms with E-state index < -0.39 is 24.0 Å². The maximum absolute atomic E-state index is 13.0. The lowest BCUT2D eigenvalue weighted by Gasteiger charge is -2.28. The van der Waals surface area contributed by atoms with Crippen LogP contribution in [0.1, 0.15) is 12.2 Å². The van der Waals surface area contributed by atoms with Gasteiger partial charge >= 0.3 is 12.2 Å². The Kier molecular flexibility index (Phi) is 3.01. The fourth-order valence-electron chi connectivity index (χ4n) is 1.82. The van der Waals surface area contributed by atoms with Crippen molar-refractivity contribution in [3.63, 3.8) is 0 Å². The van der Waals surface area contributed by atoms with Crippen LogP contribution in [0.3, 0.4) is 0 Å². The Morgan fingerprint density at radius 2 is 2.28 bits per heavy atom. The summed E-state index contributed by atoms with van der Waals surface area (Å²) in [6.45, 7) is 1.18. The molecule has 1 unspecified atom stereocenters. The highest BCUT2D eigenvalue weighted by Gasteiger charge is 2.61. The summed E-state index contributed by atoms with van der Waals surface area (Å²) in [6.07, 6.45) is -4.94. The molecule has 1 fully saturated rings. The highest BCUT2D eigenvalue weighted by Crippen LogP contribution is 2.43. The number of anilines is 1. The first-order valence-electron chi connectivity index (χ1n) is 5.24. The van der Waals surface area contributed by atoms with Gasteiger partial charge in [-0.25, -0.2) is 0 Å². The predicted octanol–water partition coefficient (Wildman–Crippen LogP) is 0.859. The summed E-state index contributed by atoms with van der Waals surface area (Å²) in [7, 11) is 0. The molecule has 0 saturated carbocycles. The molecule has 1 saturated heterocycles. The molecule has 1 amide bonds. The summed E-state index contributed by atoms with van der Waals surface area (Å²) in [5.74, 6) is -0.945. The Morgan fingerprint density at radius 1 is 1.56 bits per heavy atom. The average Bonchev–Trinajstić information content (AvgIpc) is 2.86. The van der Waals surface area contributed by atoms with Crippen LogP contribution >= 0.6 is 0 Å². The van der Waals surface area contributed by atoms with Crippen LogP contribution in [0.5, 0.6) is 0 Å². The van der Waals surface area contributed by atoms with E-state index in [-0.39, 0.29) is 24.8 Å². The molecule has 1 aliphatic rings.